The highest BCUT2D eigenvalue weighted by atomic mass is 32.1. The zero-order chi connectivity index (χ0) is 11.5. The summed E-state index contributed by atoms with van der Waals surface area (Å²) in [5.41, 5.74) is 1.24. The maximum atomic E-state index is 4.56. The molecule has 1 aliphatic rings. The number of aromatic nitrogens is 1. The fourth-order valence-electron chi connectivity index (χ4n) is 2.38. The molecule has 0 spiro atoms. The van der Waals surface area contributed by atoms with Gasteiger partial charge in [-0.15, -0.1) is 11.3 Å². The van der Waals surface area contributed by atoms with Crippen LogP contribution < -0.4 is 5.32 Å². The summed E-state index contributed by atoms with van der Waals surface area (Å²) < 4.78 is 0. The van der Waals surface area contributed by atoms with Crippen molar-refractivity contribution in [3.05, 3.63) is 15.6 Å². The topological polar surface area (TPSA) is 24.9 Å². The Morgan fingerprint density at radius 2 is 2.19 bits per heavy atom. The molecule has 2 rings (SSSR count). The Labute approximate surface area is 102 Å². The highest BCUT2D eigenvalue weighted by Gasteiger charge is 2.30. The summed E-state index contributed by atoms with van der Waals surface area (Å²) in [6.07, 6.45) is 5.39. The third-order valence-corrected chi connectivity index (χ3v) is 4.61. The molecule has 1 heterocycles. The van der Waals surface area contributed by atoms with Crippen molar-refractivity contribution in [2.75, 3.05) is 6.54 Å². The van der Waals surface area contributed by atoms with Crippen molar-refractivity contribution in [2.45, 2.75) is 52.5 Å². The van der Waals surface area contributed by atoms with E-state index in [4.69, 9.17) is 0 Å². The van der Waals surface area contributed by atoms with Gasteiger partial charge in [-0.2, -0.15) is 0 Å². The highest BCUT2D eigenvalue weighted by Crippen LogP contribution is 2.40. The van der Waals surface area contributed by atoms with E-state index in [1.165, 1.54) is 41.3 Å². The Bertz CT molecular complexity index is 342. The van der Waals surface area contributed by atoms with E-state index < -0.39 is 0 Å². The largest absolute Gasteiger partial charge is 0.309 e. The lowest BCUT2D eigenvalue weighted by Gasteiger charge is -2.34. The molecule has 1 N–H and O–H groups in total. The number of rotatable bonds is 5. The Morgan fingerprint density at radius 1 is 1.44 bits per heavy atom. The molecule has 0 amide bonds. The smallest absolute Gasteiger partial charge is 0.0900 e. The third-order valence-electron chi connectivity index (χ3n) is 3.46. The molecule has 1 unspecified atom stereocenters. The van der Waals surface area contributed by atoms with Crippen molar-refractivity contribution in [3.63, 3.8) is 0 Å². The lowest BCUT2D eigenvalue weighted by molar-refractivity contribution is 0.233. The van der Waals surface area contributed by atoms with Crippen molar-refractivity contribution >= 4 is 11.3 Å². The van der Waals surface area contributed by atoms with E-state index >= 15 is 0 Å². The minimum atomic E-state index is 0.569. The van der Waals surface area contributed by atoms with Gasteiger partial charge in [-0.3, -0.25) is 0 Å². The molecule has 1 aliphatic carbocycles. The Morgan fingerprint density at radius 3 is 2.62 bits per heavy atom. The van der Waals surface area contributed by atoms with Crippen LogP contribution >= 0.6 is 11.3 Å². The maximum Gasteiger partial charge on any atom is 0.0900 e. The summed E-state index contributed by atoms with van der Waals surface area (Å²) in [6, 6.07) is 0.569. The fraction of sp³-hybridized carbons (Fsp3) is 0.769. The monoisotopic (exact) mass is 238 g/mol. The molecule has 1 fully saturated rings. The molecule has 16 heavy (non-hydrogen) atoms. The van der Waals surface area contributed by atoms with Crippen molar-refractivity contribution in [1.82, 2.24) is 10.3 Å². The second-order valence-electron chi connectivity index (χ2n) is 4.81. The van der Waals surface area contributed by atoms with Crippen molar-refractivity contribution in [1.29, 1.82) is 0 Å². The van der Waals surface area contributed by atoms with E-state index in [-0.39, 0.29) is 0 Å². The number of aryl methyl sites for hydroxylation is 2. The van der Waals surface area contributed by atoms with E-state index in [1.54, 1.807) is 0 Å². The molecule has 0 aliphatic heterocycles. The Hall–Kier alpha value is -0.410. The van der Waals surface area contributed by atoms with Crippen LogP contribution in [0, 0.1) is 19.8 Å². The van der Waals surface area contributed by atoms with Gasteiger partial charge in [-0.05, 0) is 45.6 Å². The first-order chi connectivity index (χ1) is 7.72. The molecule has 90 valence electrons. The molecule has 3 heteroatoms. The van der Waals surface area contributed by atoms with Crippen LogP contribution in [-0.2, 0) is 0 Å². The van der Waals surface area contributed by atoms with Gasteiger partial charge in [0.1, 0.15) is 0 Å². The van der Waals surface area contributed by atoms with Crippen LogP contribution in [0.4, 0.5) is 0 Å². The molecule has 0 aromatic carbocycles. The SMILES string of the molecule is CCCNC(c1sc(C)nc1C)C1CCC1. The average molecular weight is 238 g/mol. The normalized spacial score (nSPS) is 18.4. The van der Waals surface area contributed by atoms with Gasteiger partial charge in [0.05, 0.1) is 10.7 Å². The van der Waals surface area contributed by atoms with Gasteiger partial charge in [0.15, 0.2) is 0 Å². The molecular weight excluding hydrogens is 216 g/mol. The third kappa shape index (κ3) is 2.46. The average Bonchev–Trinajstić information content (AvgIpc) is 2.49. The van der Waals surface area contributed by atoms with Crippen LogP contribution in [0.25, 0.3) is 0 Å². The molecular formula is C13H22N2S. The highest BCUT2D eigenvalue weighted by molar-refractivity contribution is 7.11. The van der Waals surface area contributed by atoms with Gasteiger partial charge < -0.3 is 5.32 Å². The van der Waals surface area contributed by atoms with Crippen molar-refractivity contribution in [2.24, 2.45) is 5.92 Å². The maximum absolute atomic E-state index is 4.56. The minimum absolute atomic E-state index is 0.569. The minimum Gasteiger partial charge on any atom is -0.309 e. The Balaban J connectivity index is 2.13. The molecule has 0 bridgehead atoms. The number of hydrogen-bond acceptors (Lipinski definition) is 3. The van der Waals surface area contributed by atoms with E-state index in [1.807, 2.05) is 11.3 Å². The van der Waals surface area contributed by atoms with E-state index in [0.717, 1.165) is 12.5 Å². The van der Waals surface area contributed by atoms with Crippen LogP contribution in [0.5, 0.6) is 0 Å². The first-order valence-electron chi connectivity index (χ1n) is 6.39. The zero-order valence-corrected chi connectivity index (χ0v) is 11.4. The molecule has 2 nitrogen and oxygen atoms in total. The van der Waals surface area contributed by atoms with Crippen molar-refractivity contribution < 1.29 is 0 Å². The van der Waals surface area contributed by atoms with Crippen molar-refractivity contribution in [3.8, 4) is 0 Å². The molecule has 1 aromatic heterocycles. The van der Waals surface area contributed by atoms with Crippen LogP contribution in [-0.4, -0.2) is 11.5 Å². The van der Waals surface area contributed by atoms with Crippen LogP contribution in [0.3, 0.4) is 0 Å². The van der Waals surface area contributed by atoms with E-state index in [9.17, 15) is 0 Å². The standard InChI is InChI=1S/C13H22N2S/c1-4-8-14-12(11-6-5-7-11)13-9(2)15-10(3)16-13/h11-12,14H,4-8H2,1-3H3. The summed E-state index contributed by atoms with van der Waals surface area (Å²) in [5, 5.41) is 4.92. The second kappa shape index (κ2) is 5.28. The number of thiazole rings is 1. The first-order valence-corrected chi connectivity index (χ1v) is 7.21. The number of nitrogens with zero attached hydrogens (tertiary/aromatic N) is 1. The predicted octanol–water partition coefficient (Wildman–Crippen LogP) is 3.60. The van der Waals surface area contributed by atoms with Gasteiger partial charge >= 0.3 is 0 Å². The summed E-state index contributed by atoms with van der Waals surface area (Å²) in [6.45, 7) is 7.62. The quantitative estimate of drug-likeness (QED) is 0.848. The lowest BCUT2D eigenvalue weighted by Crippen LogP contribution is -2.32. The van der Waals surface area contributed by atoms with Gasteiger partial charge in [-0.1, -0.05) is 13.3 Å². The summed E-state index contributed by atoms with van der Waals surface area (Å²) in [7, 11) is 0. The van der Waals surface area contributed by atoms with Crippen LogP contribution in [0.2, 0.25) is 0 Å². The Kier molecular flexibility index (Phi) is 3.98. The zero-order valence-electron chi connectivity index (χ0n) is 10.5. The molecule has 1 atom stereocenters. The fourth-order valence-corrected chi connectivity index (χ4v) is 3.48. The van der Waals surface area contributed by atoms with Gasteiger partial charge in [-0.25, -0.2) is 4.98 Å². The molecule has 1 saturated carbocycles. The number of hydrogen-bond donors (Lipinski definition) is 1. The summed E-state index contributed by atoms with van der Waals surface area (Å²) >= 11 is 1.88. The van der Waals surface area contributed by atoms with Crippen LogP contribution in [0.1, 0.15) is 54.2 Å². The van der Waals surface area contributed by atoms with Gasteiger partial charge in [0.25, 0.3) is 0 Å². The van der Waals surface area contributed by atoms with Gasteiger partial charge in [0.2, 0.25) is 0 Å². The predicted molar refractivity (Wildman–Crippen MR) is 70.0 cm³/mol. The molecule has 0 saturated heterocycles. The van der Waals surface area contributed by atoms with E-state index in [2.05, 4.69) is 31.1 Å². The lowest BCUT2D eigenvalue weighted by atomic mass is 9.79. The number of nitrogens with one attached hydrogen (secondary N) is 1. The second-order valence-corrected chi connectivity index (χ2v) is 6.04. The summed E-state index contributed by atoms with van der Waals surface area (Å²) in [5.74, 6) is 0.852. The van der Waals surface area contributed by atoms with Crippen LogP contribution in [0.15, 0.2) is 0 Å². The first kappa shape index (κ1) is 12.1. The molecule has 0 radical (unpaired) electrons. The molecule has 1 aromatic rings. The summed E-state index contributed by atoms with van der Waals surface area (Å²) in [4.78, 5) is 6.04. The van der Waals surface area contributed by atoms with E-state index in [0.29, 0.717) is 6.04 Å². The van der Waals surface area contributed by atoms with Gasteiger partial charge in [0, 0.05) is 10.9 Å².